The lowest BCUT2D eigenvalue weighted by Gasteiger charge is -2.14. The number of rotatable bonds is 2. The molecule has 0 aliphatic rings. The third-order valence-corrected chi connectivity index (χ3v) is 2.55. The molecule has 7 nitrogen and oxygen atoms in total. The first kappa shape index (κ1) is 13.1. The molecular formula is C9H9NO6S. The molecule has 0 fully saturated rings. The largest absolute Gasteiger partial charge is 0.452 e. The minimum absolute atomic E-state index is 0.0736. The van der Waals surface area contributed by atoms with Gasteiger partial charge in [-0.05, 0) is 12.1 Å². The Morgan fingerprint density at radius 2 is 1.76 bits per heavy atom. The number of ether oxygens (including phenoxy) is 1. The maximum absolute atomic E-state index is 11.7. The predicted molar refractivity (Wildman–Crippen MR) is 56.6 cm³/mol. The van der Waals surface area contributed by atoms with Gasteiger partial charge in [0, 0.05) is 5.56 Å². The first-order chi connectivity index (χ1) is 7.88. The first-order valence-corrected chi connectivity index (χ1v) is 5.72. The zero-order valence-corrected chi connectivity index (χ0v) is 9.55. The van der Waals surface area contributed by atoms with Crippen molar-refractivity contribution in [3.63, 3.8) is 0 Å². The van der Waals surface area contributed by atoms with Crippen LogP contribution in [-0.4, -0.2) is 36.4 Å². The monoisotopic (exact) mass is 259 g/mol. The summed E-state index contributed by atoms with van der Waals surface area (Å²) in [6.45, 7) is 0. The quantitative estimate of drug-likeness (QED) is 0.784. The highest BCUT2D eigenvalue weighted by molar-refractivity contribution is 7.84. The maximum Gasteiger partial charge on any atom is 0.432 e. The number of hydrogen-bond donors (Lipinski definition) is 1. The summed E-state index contributed by atoms with van der Waals surface area (Å²) in [6.07, 6.45) is -1.48. The molecule has 0 unspecified atom stereocenters. The number of benzene rings is 1. The fourth-order valence-corrected chi connectivity index (χ4v) is 1.64. The fourth-order valence-electron chi connectivity index (χ4n) is 1.06. The third-order valence-electron chi connectivity index (χ3n) is 1.78. The molecule has 0 heterocycles. The zero-order valence-electron chi connectivity index (χ0n) is 8.73. The second-order valence-electron chi connectivity index (χ2n) is 2.88. The third kappa shape index (κ3) is 3.02. The van der Waals surface area contributed by atoms with Crippen LogP contribution < -0.4 is 0 Å². The van der Waals surface area contributed by atoms with Gasteiger partial charge in [0.25, 0.3) is 5.91 Å². The van der Waals surface area contributed by atoms with Gasteiger partial charge in [0.1, 0.15) is 0 Å². The van der Waals surface area contributed by atoms with Crippen molar-refractivity contribution in [3.8, 4) is 0 Å². The van der Waals surface area contributed by atoms with Crippen LogP contribution in [0.4, 0.5) is 4.79 Å². The van der Waals surface area contributed by atoms with Crippen molar-refractivity contribution >= 4 is 22.3 Å². The van der Waals surface area contributed by atoms with E-state index >= 15 is 0 Å². The Morgan fingerprint density at radius 1 is 1.24 bits per heavy atom. The van der Waals surface area contributed by atoms with Gasteiger partial charge in [-0.15, -0.1) is 4.31 Å². The Kier molecular flexibility index (Phi) is 3.81. The maximum atomic E-state index is 11.7. The second kappa shape index (κ2) is 4.93. The van der Waals surface area contributed by atoms with E-state index in [1.54, 1.807) is 6.07 Å². The molecule has 0 aliphatic heterocycles. The number of methoxy groups -OCH3 is 1. The van der Waals surface area contributed by atoms with Gasteiger partial charge in [0.2, 0.25) is 0 Å². The summed E-state index contributed by atoms with van der Waals surface area (Å²) >= 11 is 0. The summed E-state index contributed by atoms with van der Waals surface area (Å²) in [5.41, 5.74) is -0.0736. The number of nitrogens with zero attached hydrogens (tertiary/aromatic N) is 1. The van der Waals surface area contributed by atoms with E-state index in [0.717, 1.165) is 7.11 Å². The Morgan fingerprint density at radius 3 is 2.18 bits per heavy atom. The molecule has 1 N–H and O–H groups in total. The molecule has 1 aromatic rings. The Hall–Kier alpha value is -1.93. The molecule has 0 spiro atoms. The van der Waals surface area contributed by atoms with Crippen LogP contribution >= 0.6 is 0 Å². The highest BCUT2D eigenvalue weighted by atomic mass is 32.2. The highest BCUT2D eigenvalue weighted by Crippen LogP contribution is 2.09. The van der Waals surface area contributed by atoms with E-state index in [1.807, 2.05) is 0 Å². The fraction of sp³-hybridized carbons (Fsp3) is 0.111. The number of carbonyl (C=O) groups excluding carboxylic acids is 2. The summed E-state index contributed by atoms with van der Waals surface area (Å²) in [4.78, 5) is 22.8. The van der Waals surface area contributed by atoms with Crippen LogP contribution in [0.1, 0.15) is 10.4 Å². The topological polar surface area (TPSA) is 101 Å². The van der Waals surface area contributed by atoms with Crippen molar-refractivity contribution in [1.82, 2.24) is 4.31 Å². The summed E-state index contributed by atoms with van der Waals surface area (Å²) in [7, 11) is -4.13. The summed E-state index contributed by atoms with van der Waals surface area (Å²) in [5.74, 6) is -1.19. The summed E-state index contributed by atoms with van der Waals surface area (Å²) in [6, 6.07) is 7.15. The van der Waals surface area contributed by atoms with Gasteiger partial charge in [0.05, 0.1) is 7.11 Å². The SMILES string of the molecule is COC(=O)N(C(=O)c1ccccc1)S(=O)(=O)O. The molecule has 2 amide bonds. The molecule has 0 aromatic heterocycles. The van der Waals surface area contributed by atoms with Crippen molar-refractivity contribution in [1.29, 1.82) is 0 Å². The molecular weight excluding hydrogens is 250 g/mol. The lowest BCUT2D eigenvalue weighted by Crippen LogP contribution is -2.41. The molecule has 0 bridgehead atoms. The van der Waals surface area contributed by atoms with E-state index in [9.17, 15) is 18.0 Å². The molecule has 92 valence electrons. The lowest BCUT2D eigenvalue weighted by molar-refractivity contribution is 0.0817. The summed E-state index contributed by atoms with van der Waals surface area (Å²) in [5, 5.41) is 0. The van der Waals surface area contributed by atoms with Crippen LogP contribution in [0.15, 0.2) is 30.3 Å². The lowest BCUT2D eigenvalue weighted by atomic mass is 10.2. The van der Waals surface area contributed by atoms with Crippen molar-refractivity contribution in [2.24, 2.45) is 0 Å². The molecule has 8 heteroatoms. The van der Waals surface area contributed by atoms with Crippen molar-refractivity contribution in [2.75, 3.05) is 7.11 Å². The molecule has 0 saturated carbocycles. The van der Waals surface area contributed by atoms with Gasteiger partial charge in [-0.1, -0.05) is 18.2 Å². The van der Waals surface area contributed by atoms with E-state index in [-0.39, 0.29) is 9.87 Å². The Labute approximate surface area is 97.5 Å². The predicted octanol–water partition coefficient (Wildman–Crippen LogP) is 0.698. The van der Waals surface area contributed by atoms with Crippen molar-refractivity contribution < 1.29 is 27.3 Å². The van der Waals surface area contributed by atoms with E-state index in [4.69, 9.17) is 4.55 Å². The number of amides is 2. The van der Waals surface area contributed by atoms with Crippen molar-refractivity contribution in [2.45, 2.75) is 0 Å². The molecule has 0 radical (unpaired) electrons. The number of hydrogen-bond acceptors (Lipinski definition) is 5. The molecule has 0 saturated heterocycles. The van der Waals surface area contributed by atoms with E-state index < -0.39 is 22.3 Å². The average molecular weight is 259 g/mol. The average Bonchev–Trinajstić information content (AvgIpc) is 2.28. The molecule has 1 rings (SSSR count). The minimum Gasteiger partial charge on any atom is -0.452 e. The van der Waals surface area contributed by atoms with E-state index in [2.05, 4.69) is 4.74 Å². The van der Waals surface area contributed by atoms with E-state index in [0.29, 0.717) is 0 Å². The van der Waals surface area contributed by atoms with Crippen LogP contribution in [-0.2, 0) is 15.0 Å². The van der Waals surface area contributed by atoms with Crippen molar-refractivity contribution in [3.05, 3.63) is 35.9 Å². The number of imide groups is 1. The van der Waals surface area contributed by atoms with Crippen LogP contribution in [0.25, 0.3) is 0 Å². The second-order valence-corrected chi connectivity index (χ2v) is 4.14. The van der Waals surface area contributed by atoms with Crippen LogP contribution in [0.5, 0.6) is 0 Å². The molecule has 17 heavy (non-hydrogen) atoms. The van der Waals surface area contributed by atoms with Gasteiger partial charge in [-0.25, -0.2) is 4.79 Å². The summed E-state index contributed by atoms with van der Waals surface area (Å²) < 4.78 is 34.3. The Balaban J connectivity index is 3.18. The highest BCUT2D eigenvalue weighted by Gasteiger charge is 2.34. The normalized spacial score (nSPS) is 10.7. The molecule has 1 aromatic carbocycles. The van der Waals surface area contributed by atoms with Gasteiger partial charge in [-0.2, -0.15) is 8.42 Å². The molecule has 0 aliphatic carbocycles. The molecule has 0 atom stereocenters. The van der Waals surface area contributed by atoms with E-state index in [1.165, 1.54) is 24.3 Å². The number of carbonyl (C=O) groups is 2. The van der Waals surface area contributed by atoms with Gasteiger partial charge in [-0.3, -0.25) is 9.35 Å². The smallest absolute Gasteiger partial charge is 0.432 e. The Bertz CT molecular complexity index is 524. The van der Waals surface area contributed by atoms with Gasteiger partial charge >= 0.3 is 16.4 Å². The van der Waals surface area contributed by atoms with Gasteiger partial charge < -0.3 is 4.74 Å². The first-order valence-electron chi connectivity index (χ1n) is 4.33. The standard InChI is InChI=1S/C9H9NO6S/c1-16-9(12)10(17(13,14)15)8(11)7-5-3-2-4-6-7/h2-6H,1H3,(H,13,14,15). The van der Waals surface area contributed by atoms with Gasteiger partial charge in [0.15, 0.2) is 0 Å². The minimum atomic E-state index is -5.01. The van der Waals surface area contributed by atoms with Crippen LogP contribution in [0.3, 0.4) is 0 Å². The van der Waals surface area contributed by atoms with Crippen LogP contribution in [0, 0.1) is 0 Å². The zero-order chi connectivity index (χ0) is 13.1. The van der Waals surface area contributed by atoms with Crippen LogP contribution in [0.2, 0.25) is 0 Å².